The van der Waals surface area contributed by atoms with E-state index in [9.17, 15) is 9.59 Å². The van der Waals surface area contributed by atoms with Crippen molar-refractivity contribution in [2.45, 2.75) is 6.54 Å². The summed E-state index contributed by atoms with van der Waals surface area (Å²) in [5.41, 5.74) is 1.53. The van der Waals surface area contributed by atoms with E-state index in [1.807, 2.05) is 12.1 Å². The van der Waals surface area contributed by atoms with Gasteiger partial charge in [-0.05, 0) is 35.9 Å². The van der Waals surface area contributed by atoms with Gasteiger partial charge in [0.05, 0.1) is 20.2 Å². The van der Waals surface area contributed by atoms with Crippen molar-refractivity contribution in [2.24, 2.45) is 0 Å². The van der Waals surface area contributed by atoms with E-state index in [2.05, 4.69) is 5.32 Å². The molecule has 0 radical (unpaired) electrons. The van der Waals surface area contributed by atoms with Gasteiger partial charge in [0.15, 0.2) is 0 Å². The zero-order valence-corrected chi connectivity index (χ0v) is 15.2. The minimum atomic E-state index is -0.412. The third kappa shape index (κ3) is 6.74. The Morgan fingerprint density at radius 1 is 1.04 bits per heavy atom. The van der Waals surface area contributed by atoms with Crippen LogP contribution < -0.4 is 5.32 Å². The van der Waals surface area contributed by atoms with Crippen LogP contribution in [0.1, 0.15) is 5.56 Å². The molecule has 2 aromatic carbocycles. The van der Waals surface area contributed by atoms with Crippen LogP contribution in [0, 0.1) is 0 Å². The van der Waals surface area contributed by atoms with Crippen molar-refractivity contribution in [3.05, 3.63) is 64.1 Å². The van der Waals surface area contributed by atoms with Gasteiger partial charge in [-0.2, -0.15) is 0 Å². The number of hydrogen-bond acceptors (Lipinski definition) is 4. The summed E-state index contributed by atoms with van der Waals surface area (Å²) in [6.45, 7) is 0.446. The van der Waals surface area contributed by atoms with Crippen LogP contribution in [-0.4, -0.2) is 37.0 Å². The Hall–Kier alpha value is -2.08. The minimum Gasteiger partial charge on any atom is -0.468 e. The number of rotatable bonds is 7. The molecule has 0 spiro atoms. The molecule has 25 heavy (non-hydrogen) atoms. The van der Waals surface area contributed by atoms with Gasteiger partial charge in [-0.1, -0.05) is 41.4 Å². The Morgan fingerprint density at radius 3 is 2.40 bits per heavy atom. The van der Waals surface area contributed by atoms with Crippen LogP contribution in [0.3, 0.4) is 0 Å². The van der Waals surface area contributed by atoms with Crippen LogP contribution in [0.4, 0.5) is 5.69 Å². The maximum absolute atomic E-state index is 12.3. The first-order chi connectivity index (χ1) is 12.0. The fraction of sp³-hybridized carbons (Fsp3) is 0.222. The number of esters is 1. The summed E-state index contributed by atoms with van der Waals surface area (Å²) in [5.74, 6) is -0.662. The lowest BCUT2D eigenvalue weighted by Crippen LogP contribution is -2.37. The van der Waals surface area contributed by atoms with E-state index in [-0.39, 0.29) is 19.0 Å². The Balaban J connectivity index is 2.02. The molecule has 1 amide bonds. The molecule has 0 atom stereocenters. The van der Waals surface area contributed by atoms with Gasteiger partial charge in [0, 0.05) is 22.3 Å². The maximum atomic E-state index is 12.3. The molecule has 0 aliphatic rings. The molecule has 7 heteroatoms. The highest BCUT2D eigenvalue weighted by Crippen LogP contribution is 2.15. The lowest BCUT2D eigenvalue weighted by Gasteiger charge is -2.20. The van der Waals surface area contributed by atoms with Crippen molar-refractivity contribution in [3.8, 4) is 0 Å². The van der Waals surface area contributed by atoms with E-state index in [1.165, 1.54) is 7.11 Å². The first-order valence-corrected chi connectivity index (χ1v) is 8.31. The van der Waals surface area contributed by atoms with Crippen molar-refractivity contribution in [3.63, 3.8) is 0 Å². The number of hydrogen-bond donors (Lipinski definition) is 1. The Labute approximate surface area is 156 Å². The number of halogens is 2. The monoisotopic (exact) mass is 380 g/mol. The third-order valence-corrected chi connectivity index (χ3v) is 3.86. The average molecular weight is 381 g/mol. The quantitative estimate of drug-likeness (QED) is 0.745. The summed E-state index contributed by atoms with van der Waals surface area (Å²) in [5, 5.41) is 3.92. The molecule has 0 unspecified atom stereocenters. The van der Waals surface area contributed by atoms with Gasteiger partial charge in [0.2, 0.25) is 5.91 Å². The van der Waals surface area contributed by atoms with E-state index in [1.54, 1.807) is 41.3 Å². The first kappa shape index (κ1) is 19.2. The molecule has 2 aromatic rings. The van der Waals surface area contributed by atoms with Gasteiger partial charge in [0.1, 0.15) is 0 Å². The second-order valence-corrected chi connectivity index (χ2v) is 6.28. The van der Waals surface area contributed by atoms with E-state index in [4.69, 9.17) is 27.9 Å². The molecule has 132 valence electrons. The molecule has 2 rings (SSSR count). The van der Waals surface area contributed by atoms with Crippen LogP contribution >= 0.6 is 23.2 Å². The Bertz CT molecular complexity index is 735. The van der Waals surface area contributed by atoms with Crippen LogP contribution in [-0.2, 0) is 20.9 Å². The standard InChI is InChI=1S/C18H18Cl2N2O3/c1-25-18(24)12-22(10-13-5-7-14(19)8-6-13)11-17(23)21-16-4-2-3-15(20)9-16/h2-9H,10-12H2,1H3,(H,21,23). The van der Waals surface area contributed by atoms with Gasteiger partial charge in [-0.15, -0.1) is 0 Å². The first-order valence-electron chi connectivity index (χ1n) is 7.55. The SMILES string of the molecule is COC(=O)CN(CC(=O)Nc1cccc(Cl)c1)Cc1ccc(Cl)cc1. The minimum absolute atomic E-state index is 0.00208. The maximum Gasteiger partial charge on any atom is 0.319 e. The van der Waals surface area contributed by atoms with Gasteiger partial charge in [0.25, 0.3) is 0 Å². The molecular formula is C18H18Cl2N2O3. The van der Waals surface area contributed by atoms with Crippen molar-refractivity contribution in [2.75, 3.05) is 25.5 Å². The number of methoxy groups -OCH3 is 1. The summed E-state index contributed by atoms with van der Waals surface area (Å²) in [6.07, 6.45) is 0. The van der Waals surface area contributed by atoms with Gasteiger partial charge < -0.3 is 10.1 Å². The summed E-state index contributed by atoms with van der Waals surface area (Å²) in [4.78, 5) is 25.6. The highest BCUT2D eigenvalue weighted by Gasteiger charge is 2.16. The van der Waals surface area contributed by atoms with Gasteiger partial charge in [-0.3, -0.25) is 14.5 Å². The average Bonchev–Trinajstić information content (AvgIpc) is 2.56. The molecule has 1 N–H and O–H groups in total. The number of amides is 1. The van der Waals surface area contributed by atoms with Crippen LogP contribution in [0.15, 0.2) is 48.5 Å². The number of carbonyl (C=O) groups is 2. The largest absolute Gasteiger partial charge is 0.468 e. The van der Waals surface area contributed by atoms with Crippen LogP contribution in [0.25, 0.3) is 0 Å². The van der Waals surface area contributed by atoms with Crippen LogP contribution in [0.5, 0.6) is 0 Å². The fourth-order valence-electron chi connectivity index (χ4n) is 2.23. The zero-order valence-electron chi connectivity index (χ0n) is 13.7. The smallest absolute Gasteiger partial charge is 0.319 e. The summed E-state index contributed by atoms with van der Waals surface area (Å²) >= 11 is 11.8. The Morgan fingerprint density at radius 2 is 1.76 bits per heavy atom. The van der Waals surface area contributed by atoms with E-state index >= 15 is 0 Å². The van der Waals surface area contributed by atoms with Crippen LogP contribution in [0.2, 0.25) is 10.0 Å². The zero-order chi connectivity index (χ0) is 18.2. The van der Waals surface area contributed by atoms with E-state index in [0.29, 0.717) is 22.3 Å². The molecule has 0 heterocycles. The molecular weight excluding hydrogens is 363 g/mol. The second-order valence-electron chi connectivity index (χ2n) is 5.41. The highest BCUT2D eigenvalue weighted by molar-refractivity contribution is 6.31. The fourth-order valence-corrected chi connectivity index (χ4v) is 2.55. The molecule has 5 nitrogen and oxygen atoms in total. The lowest BCUT2D eigenvalue weighted by atomic mass is 10.2. The van der Waals surface area contributed by atoms with Crippen molar-refractivity contribution in [1.82, 2.24) is 4.90 Å². The molecule has 0 aromatic heterocycles. The third-order valence-electron chi connectivity index (χ3n) is 3.38. The topological polar surface area (TPSA) is 58.6 Å². The molecule has 0 fully saturated rings. The van der Waals surface area contributed by atoms with Crippen molar-refractivity contribution in [1.29, 1.82) is 0 Å². The predicted molar refractivity (Wildman–Crippen MR) is 98.8 cm³/mol. The number of carbonyl (C=O) groups excluding carboxylic acids is 2. The number of ether oxygens (including phenoxy) is 1. The number of benzene rings is 2. The van der Waals surface area contributed by atoms with Gasteiger partial charge in [-0.25, -0.2) is 0 Å². The normalized spacial score (nSPS) is 10.6. The summed E-state index contributed by atoms with van der Waals surface area (Å²) in [6, 6.07) is 14.1. The molecule has 0 saturated heterocycles. The summed E-state index contributed by atoms with van der Waals surface area (Å²) in [7, 11) is 1.31. The van der Waals surface area contributed by atoms with E-state index in [0.717, 1.165) is 5.56 Å². The predicted octanol–water partition coefficient (Wildman–Crippen LogP) is 3.61. The Kier molecular flexibility index (Phi) is 7.25. The highest BCUT2D eigenvalue weighted by atomic mass is 35.5. The molecule has 0 aliphatic carbocycles. The lowest BCUT2D eigenvalue weighted by molar-refractivity contribution is -0.142. The van der Waals surface area contributed by atoms with Crippen molar-refractivity contribution >= 4 is 40.8 Å². The summed E-state index contributed by atoms with van der Waals surface area (Å²) < 4.78 is 4.70. The molecule has 0 saturated carbocycles. The van der Waals surface area contributed by atoms with E-state index < -0.39 is 5.97 Å². The molecule has 0 aliphatic heterocycles. The van der Waals surface area contributed by atoms with Crippen molar-refractivity contribution < 1.29 is 14.3 Å². The molecule has 0 bridgehead atoms. The number of nitrogens with one attached hydrogen (secondary N) is 1. The second kappa shape index (κ2) is 9.42. The number of anilines is 1. The van der Waals surface area contributed by atoms with Gasteiger partial charge >= 0.3 is 5.97 Å². The number of nitrogens with zero attached hydrogens (tertiary/aromatic N) is 1.